The van der Waals surface area contributed by atoms with E-state index in [1.807, 2.05) is 54.6 Å². The number of hydrogen-bond donors (Lipinski definition) is 2. The minimum atomic E-state index is -1.03. The average Bonchev–Trinajstić information content (AvgIpc) is 2.94. The molecule has 0 aliphatic carbocycles. The van der Waals surface area contributed by atoms with Crippen molar-refractivity contribution in [1.29, 1.82) is 0 Å². The van der Waals surface area contributed by atoms with Gasteiger partial charge in [-0.2, -0.15) is 0 Å². The van der Waals surface area contributed by atoms with Gasteiger partial charge in [0, 0.05) is 13.3 Å². The summed E-state index contributed by atoms with van der Waals surface area (Å²) >= 11 is 0.941. The summed E-state index contributed by atoms with van der Waals surface area (Å²) < 4.78 is 0. The van der Waals surface area contributed by atoms with E-state index in [1.165, 1.54) is 11.8 Å². The fourth-order valence-electron chi connectivity index (χ4n) is 4.98. The van der Waals surface area contributed by atoms with Gasteiger partial charge in [0.15, 0.2) is 5.12 Å². The summed E-state index contributed by atoms with van der Waals surface area (Å²) in [6.45, 7) is 1.42. The van der Waals surface area contributed by atoms with E-state index in [0.717, 1.165) is 28.5 Å². The Hall–Kier alpha value is -3.13. The Kier molecular flexibility index (Phi) is 7.36. The molecule has 0 bridgehead atoms. The zero-order valence-electron chi connectivity index (χ0n) is 19.0. The lowest BCUT2D eigenvalue weighted by Gasteiger charge is -2.40. The summed E-state index contributed by atoms with van der Waals surface area (Å²) in [5, 5.41) is 11.8. The molecule has 2 amide bonds. The largest absolute Gasteiger partial charge is 0.480 e. The molecule has 0 spiro atoms. The lowest BCUT2D eigenvalue weighted by molar-refractivity contribution is -0.156. The topological polar surface area (TPSA) is 104 Å². The average molecular weight is 481 g/mol. The van der Waals surface area contributed by atoms with Gasteiger partial charge in [0.05, 0.1) is 11.3 Å². The number of thioether (sulfide) groups is 1. The minimum Gasteiger partial charge on any atom is -0.480 e. The molecule has 4 rings (SSSR count). The normalized spacial score (nSPS) is 22.7. The lowest BCUT2D eigenvalue weighted by atomic mass is 9.89. The van der Waals surface area contributed by atoms with E-state index in [1.54, 1.807) is 0 Å². The second-order valence-electron chi connectivity index (χ2n) is 8.80. The highest BCUT2D eigenvalue weighted by Gasteiger charge is 2.44. The molecule has 2 aliphatic heterocycles. The number of rotatable bonds is 6. The van der Waals surface area contributed by atoms with Gasteiger partial charge in [0.1, 0.15) is 12.1 Å². The summed E-state index contributed by atoms with van der Waals surface area (Å²) in [4.78, 5) is 52.4. The van der Waals surface area contributed by atoms with Crippen molar-refractivity contribution < 1.29 is 24.3 Å². The third-order valence-corrected chi connectivity index (χ3v) is 7.48. The molecule has 178 valence electrons. The van der Waals surface area contributed by atoms with E-state index in [2.05, 4.69) is 5.32 Å². The van der Waals surface area contributed by atoms with E-state index < -0.39 is 29.2 Å². The van der Waals surface area contributed by atoms with Gasteiger partial charge < -0.3 is 15.3 Å². The minimum absolute atomic E-state index is 0.185. The Bertz CT molecular complexity index is 1090. The van der Waals surface area contributed by atoms with Crippen LogP contribution in [0.25, 0.3) is 0 Å². The van der Waals surface area contributed by atoms with Crippen LogP contribution in [0.1, 0.15) is 48.9 Å². The quantitative estimate of drug-likeness (QED) is 0.659. The number of amides is 2. The van der Waals surface area contributed by atoms with Gasteiger partial charge in [-0.3, -0.25) is 14.4 Å². The number of nitrogens with zero attached hydrogens (tertiary/aromatic N) is 1. The Morgan fingerprint density at radius 1 is 1.09 bits per heavy atom. The molecule has 2 aromatic rings. The highest BCUT2D eigenvalue weighted by Crippen LogP contribution is 2.39. The third kappa shape index (κ3) is 5.17. The second-order valence-corrected chi connectivity index (χ2v) is 10.2. The van der Waals surface area contributed by atoms with Gasteiger partial charge in [0.2, 0.25) is 11.8 Å². The van der Waals surface area contributed by atoms with Crippen LogP contribution in [0.5, 0.6) is 0 Å². The van der Waals surface area contributed by atoms with E-state index in [0.29, 0.717) is 25.7 Å². The summed E-state index contributed by atoms with van der Waals surface area (Å²) in [6, 6.07) is 14.9. The molecule has 0 radical (unpaired) electrons. The number of nitrogens with one attached hydrogen (secondary N) is 1. The Morgan fingerprint density at radius 3 is 2.50 bits per heavy atom. The van der Waals surface area contributed by atoms with Gasteiger partial charge in [0.25, 0.3) is 0 Å². The first-order valence-corrected chi connectivity index (χ1v) is 12.4. The predicted molar refractivity (Wildman–Crippen MR) is 129 cm³/mol. The number of carboxylic acid groups (broad SMARTS) is 1. The highest BCUT2D eigenvalue weighted by atomic mass is 32.2. The maximum Gasteiger partial charge on any atom is 0.326 e. The van der Waals surface area contributed by atoms with Crippen LogP contribution in [0.15, 0.2) is 54.6 Å². The fraction of sp³-hybridized carbons (Fsp3) is 0.385. The molecule has 2 aliphatic rings. The molecule has 2 aromatic carbocycles. The maximum absolute atomic E-state index is 13.7. The number of carbonyl (C=O) groups is 4. The Morgan fingerprint density at radius 2 is 1.79 bits per heavy atom. The molecular formula is C26H28N2O5S. The van der Waals surface area contributed by atoms with Crippen molar-refractivity contribution in [3.05, 3.63) is 71.3 Å². The molecule has 7 nitrogen and oxygen atoms in total. The number of carbonyl (C=O) groups excluding carboxylic acids is 3. The number of hydrogen-bond acceptors (Lipinski definition) is 5. The zero-order valence-corrected chi connectivity index (χ0v) is 19.8. The first-order chi connectivity index (χ1) is 16.3. The van der Waals surface area contributed by atoms with E-state index in [9.17, 15) is 24.3 Å². The van der Waals surface area contributed by atoms with Crippen LogP contribution in [0.2, 0.25) is 0 Å². The van der Waals surface area contributed by atoms with Crippen LogP contribution in [0.3, 0.4) is 0 Å². The van der Waals surface area contributed by atoms with Crippen molar-refractivity contribution in [2.24, 2.45) is 0 Å². The summed E-state index contributed by atoms with van der Waals surface area (Å²) in [5.41, 5.74) is 2.78. The van der Waals surface area contributed by atoms with Crippen LogP contribution in [0.4, 0.5) is 0 Å². The first kappa shape index (κ1) is 24.0. The molecule has 1 fully saturated rings. The van der Waals surface area contributed by atoms with E-state index >= 15 is 0 Å². The summed E-state index contributed by atoms with van der Waals surface area (Å²) in [7, 11) is 0. The highest BCUT2D eigenvalue weighted by molar-refractivity contribution is 8.14. The van der Waals surface area contributed by atoms with Gasteiger partial charge in [-0.25, -0.2) is 4.79 Å². The van der Waals surface area contributed by atoms with Gasteiger partial charge in [-0.05, 0) is 42.4 Å². The number of benzene rings is 2. The molecule has 0 saturated carbocycles. The zero-order chi connectivity index (χ0) is 24.2. The molecule has 2 N–H and O–H groups in total. The lowest BCUT2D eigenvalue weighted by Crippen LogP contribution is -2.56. The van der Waals surface area contributed by atoms with Crippen molar-refractivity contribution in [2.45, 2.75) is 62.4 Å². The first-order valence-electron chi connectivity index (χ1n) is 11.5. The van der Waals surface area contributed by atoms with Crippen molar-refractivity contribution in [2.75, 3.05) is 0 Å². The van der Waals surface area contributed by atoms with Gasteiger partial charge in [-0.15, -0.1) is 0 Å². The van der Waals surface area contributed by atoms with Crippen molar-refractivity contribution >= 4 is 34.7 Å². The van der Waals surface area contributed by atoms with Crippen molar-refractivity contribution in [3.8, 4) is 0 Å². The molecule has 34 heavy (non-hydrogen) atoms. The number of carboxylic acids is 1. The van der Waals surface area contributed by atoms with Crippen LogP contribution in [-0.4, -0.2) is 50.2 Å². The van der Waals surface area contributed by atoms with Crippen molar-refractivity contribution in [1.82, 2.24) is 10.2 Å². The molecule has 1 unspecified atom stereocenters. The SMILES string of the molecule is CC(=O)S[C@@H](Cc1ccccc1)C(=O)NC1Cc2ccccc2[C@@H]2CCC[C@@H](C(=O)O)N2C1=O. The Balaban J connectivity index is 1.63. The number of aliphatic carboxylic acids is 1. The molecule has 2 heterocycles. The summed E-state index contributed by atoms with van der Waals surface area (Å²) in [6.07, 6.45) is 2.41. The third-order valence-electron chi connectivity index (χ3n) is 6.48. The second kappa shape index (κ2) is 10.4. The van der Waals surface area contributed by atoms with Gasteiger partial charge >= 0.3 is 5.97 Å². The predicted octanol–water partition coefficient (Wildman–Crippen LogP) is 3.13. The molecule has 0 aromatic heterocycles. The van der Waals surface area contributed by atoms with Gasteiger partial charge in [-0.1, -0.05) is 66.4 Å². The van der Waals surface area contributed by atoms with Crippen LogP contribution in [0, 0.1) is 0 Å². The number of fused-ring (bicyclic) bond motifs is 3. The van der Waals surface area contributed by atoms with Crippen molar-refractivity contribution in [3.63, 3.8) is 0 Å². The van der Waals surface area contributed by atoms with E-state index in [-0.39, 0.29) is 23.5 Å². The monoisotopic (exact) mass is 480 g/mol. The van der Waals surface area contributed by atoms with Crippen LogP contribution >= 0.6 is 11.8 Å². The maximum atomic E-state index is 13.7. The Labute approximate surface area is 202 Å². The standard InChI is InChI=1S/C26H28N2O5S/c1-16(29)34-23(14-17-8-3-2-4-9-17)24(30)27-20-15-18-10-5-6-11-19(18)21-12-7-13-22(26(32)33)28(21)25(20)31/h2-6,8-11,20-23H,7,12-15H2,1H3,(H,27,30)(H,32,33)/t20?,21-,22-,23-/m0/s1. The molecule has 4 atom stereocenters. The number of piperidine rings is 1. The molecular weight excluding hydrogens is 452 g/mol. The molecule has 8 heteroatoms. The van der Waals surface area contributed by atoms with Crippen LogP contribution in [-0.2, 0) is 32.0 Å². The smallest absolute Gasteiger partial charge is 0.326 e. The van der Waals surface area contributed by atoms with Crippen LogP contribution < -0.4 is 5.32 Å². The molecule has 1 saturated heterocycles. The summed E-state index contributed by atoms with van der Waals surface area (Å²) in [5.74, 6) is -1.81. The fourth-order valence-corrected chi connectivity index (χ4v) is 5.83. The van der Waals surface area contributed by atoms with E-state index in [4.69, 9.17) is 0 Å².